The van der Waals surface area contributed by atoms with Crippen molar-refractivity contribution in [2.24, 2.45) is 47.3 Å². The first-order valence-corrected chi connectivity index (χ1v) is 15.6. The first kappa shape index (κ1) is 26.0. The molecule has 0 saturated heterocycles. The average molecular weight is 531 g/mol. The Labute approximate surface area is 239 Å². The molecule has 4 aliphatic carbocycles. The zero-order valence-electron chi connectivity index (χ0n) is 23.9. The van der Waals surface area contributed by atoms with Gasteiger partial charge in [0.1, 0.15) is 11.4 Å². The predicted octanol–water partition coefficient (Wildman–Crippen LogP) is 8.46. The molecular formula is C38H42O2. The molecule has 40 heavy (non-hydrogen) atoms. The molecule has 3 saturated carbocycles. The lowest BCUT2D eigenvalue weighted by Gasteiger charge is -2.59. The molecular weight excluding hydrogens is 488 g/mol. The van der Waals surface area contributed by atoms with Crippen LogP contribution in [0.4, 0.5) is 0 Å². The number of ketones is 1. The maximum Gasteiger partial charge on any atom is 0.143 e. The van der Waals surface area contributed by atoms with Crippen LogP contribution in [-0.2, 0) is 15.1 Å². The normalized spacial score (nSPS) is 33.1. The first-order valence-electron chi connectivity index (χ1n) is 15.6. The highest BCUT2D eigenvalue weighted by Gasteiger charge is 2.57. The number of ether oxygens (including phenoxy) is 1. The molecule has 4 aliphatic rings. The maximum atomic E-state index is 13.1. The van der Waals surface area contributed by atoms with Crippen LogP contribution in [0.3, 0.4) is 0 Å². The fourth-order valence-electron chi connectivity index (χ4n) is 9.67. The van der Waals surface area contributed by atoms with Crippen LogP contribution in [-0.4, -0.2) is 12.4 Å². The Morgan fingerprint density at radius 3 is 1.90 bits per heavy atom. The van der Waals surface area contributed by atoms with E-state index < -0.39 is 5.60 Å². The summed E-state index contributed by atoms with van der Waals surface area (Å²) in [6, 6.07) is 32.3. The standard InChI is InChI=1S/C38H42O2/c1-25-22-27-23-26(2)34(32-18-19-33-35(39)21-20-31(25)37(33)36(27)32)24-40-38(28-12-6-3-7-13-28,29-14-8-4-9-15-29)30-16-10-5-11-17-30/h3-17,23,25,27,31-34,36-37H,18-22,24H2,1-2H3/t25-,27+,31+,32-,33+,34-,36+,37+/m0/s1. The molecule has 0 unspecified atom stereocenters. The lowest BCUT2D eigenvalue weighted by atomic mass is 9.45. The molecule has 7 rings (SSSR count). The quantitative estimate of drug-likeness (QED) is 0.236. The molecule has 3 fully saturated rings. The van der Waals surface area contributed by atoms with Crippen LogP contribution in [0.25, 0.3) is 0 Å². The van der Waals surface area contributed by atoms with E-state index in [1.807, 2.05) is 0 Å². The minimum Gasteiger partial charge on any atom is -0.360 e. The van der Waals surface area contributed by atoms with Crippen molar-refractivity contribution < 1.29 is 9.53 Å². The van der Waals surface area contributed by atoms with Crippen LogP contribution >= 0.6 is 0 Å². The van der Waals surface area contributed by atoms with Crippen LogP contribution < -0.4 is 0 Å². The van der Waals surface area contributed by atoms with Crippen molar-refractivity contribution in [3.8, 4) is 0 Å². The number of carbonyl (C=O) groups is 1. The summed E-state index contributed by atoms with van der Waals surface area (Å²) >= 11 is 0. The van der Waals surface area contributed by atoms with Gasteiger partial charge in [0.15, 0.2) is 0 Å². The van der Waals surface area contributed by atoms with Gasteiger partial charge in [-0.15, -0.1) is 0 Å². The SMILES string of the molecule is CC1=C[C@H]2C[C@H](C)[C@H]3CCC(=O)[C@H]4CC[C@H]([C@@H]2[C@H]34)[C@H]1COC(c1ccccc1)(c1ccccc1)c1ccccc1. The molecule has 0 amide bonds. The van der Waals surface area contributed by atoms with E-state index in [1.165, 1.54) is 12.0 Å². The van der Waals surface area contributed by atoms with Crippen molar-refractivity contribution >= 4 is 5.78 Å². The highest BCUT2D eigenvalue weighted by molar-refractivity contribution is 5.82. The Hall–Kier alpha value is -2.97. The van der Waals surface area contributed by atoms with Crippen LogP contribution in [0, 0.1) is 47.3 Å². The van der Waals surface area contributed by atoms with E-state index in [0.29, 0.717) is 47.9 Å². The summed E-state index contributed by atoms with van der Waals surface area (Å²) in [6.45, 7) is 5.50. The van der Waals surface area contributed by atoms with Crippen molar-refractivity contribution in [1.82, 2.24) is 0 Å². The van der Waals surface area contributed by atoms with E-state index in [-0.39, 0.29) is 0 Å². The third-order valence-corrected chi connectivity index (χ3v) is 11.3. The van der Waals surface area contributed by atoms with E-state index in [0.717, 1.165) is 54.2 Å². The second kappa shape index (κ2) is 10.5. The molecule has 0 spiro atoms. The lowest BCUT2D eigenvalue weighted by molar-refractivity contribution is -0.145. The minimum atomic E-state index is -0.692. The fraction of sp³-hybridized carbons (Fsp3) is 0.447. The Balaban J connectivity index is 1.29. The summed E-state index contributed by atoms with van der Waals surface area (Å²) in [5.41, 5.74) is 4.30. The van der Waals surface area contributed by atoms with Crippen LogP contribution in [0.15, 0.2) is 103 Å². The number of benzene rings is 3. The maximum absolute atomic E-state index is 13.1. The van der Waals surface area contributed by atoms with E-state index in [9.17, 15) is 4.79 Å². The molecule has 0 radical (unpaired) electrons. The number of hydrogen-bond donors (Lipinski definition) is 0. The summed E-state index contributed by atoms with van der Waals surface area (Å²) in [5.74, 6) is 5.09. The molecule has 0 heterocycles. The van der Waals surface area contributed by atoms with Gasteiger partial charge < -0.3 is 4.74 Å². The number of Topliss-reactive ketones (excluding diaryl/α,β-unsaturated/α-hetero) is 1. The van der Waals surface area contributed by atoms with Gasteiger partial charge in [-0.1, -0.05) is 110 Å². The van der Waals surface area contributed by atoms with Crippen molar-refractivity contribution in [2.75, 3.05) is 6.61 Å². The number of rotatable bonds is 6. The Kier molecular flexibility index (Phi) is 6.79. The Morgan fingerprint density at radius 2 is 1.32 bits per heavy atom. The Bertz CT molecular complexity index is 1260. The molecule has 3 aromatic carbocycles. The van der Waals surface area contributed by atoms with Gasteiger partial charge in [-0.2, -0.15) is 0 Å². The smallest absolute Gasteiger partial charge is 0.143 e. The van der Waals surface area contributed by atoms with E-state index >= 15 is 0 Å². The molecule has 0 bridgehead atoms. The van der Waals surface area contributed by atoms with Gasteiger partial charge >= 0.3 is 0 Å². The minimum absolute atomic E-state index is 0.302. The highest BCUT2D eigenvalue weighted by atomic mass is 16.5. The largest absolute Gasteiger partial charge is 0.360 e. The number of allylic oxidation sites excluding steroid dienone is 1. The molecule has 2 nitrogen and oxygen atoms in total. The molecule has 2 heteroatoms. The lowest BCUT2D eigenvalue weighted by Crippen LogP contribution is -2.55. The zero-order valence-corrected chi connectivity index (χ0v) is 23.9. The van der Waals surface area contributed by atoms with Gasteiger partial charge in [0.05, 0.1) is 6.61 Å². The van der Waals surface area contributed by atoms with Gasteiger partial charge in [0.2, 0.25) is 0 Å². The van der Waals surface area contributed by atoms with Crippen molar-refractivity contribution in [1.29, 1.82) is 0 Å². The highest BCUT2D eigenvalue weighted by Crippen LogP contribution is 2.61. The summed E-state index contributed by atoms with van der Waals surface area (Å²) in [4.78, 5) is 13.1. The van der Waals surface area contributed by atoms with E-state index in [2.05, 4.69) is 111 Å². The zero-order chi connectivity index (χ0) is 27.3. The fourth-order valence-corrected chi connectivity index (χ4v) is 9.67. The van der Waals surface area contributed by atoms with Crippen molar-refractivity contribution in [2.45, 2.75) is 51.6 Å². The first-order chi connectivity index (χ1) is 19.6. The molecule has 0 aromatic heterocycles. The second-order valence-electron chi connectivity index (χ2n) is 13.2. The second-order valence-corrected chi connectivity index (χ2v) is 13.2. The van der Waals surface area contributed by atoms with E-state index in [4.69, 9.17) is 4.74 Å². The van der Waals surface area contributed by atoms with Gasteiger partial charge in [-0.3, -0.25) is 4.79 Å². The molecule has 0 aliphatic heterocycles. The molecule has 3 aromatic rings. The molecule has 0 N–H and O–H groups in total. The monoisotopic (exact) mass is 530 g/mol. The summed E-state index contributed by atoms with van der Waals surface area (Å²) in [6.07, 6.45) is 8.05. The van der Waals surface area contributed by atoms with Crippen molar-refractivity contribution in [3.05, 3.63) is 119 Å². The third kappa shape index (κ3) is 4.14. The van der Waals surface area contributed by atoms with Gasteiger partial charge in [0, 0.05) is 18.3 Å². The van der Waals surface area contributed by atoms with Gasteiger partial charge in [-0.05, 0) is 84.8 Å². The van der Waals surface area contributed by atoms with Crippen LogP contribution in [0.1, 0.15) is 62.6 Å². The topological polar surface area (TPSA) is 26.3 Å². The van der Waals surface area contributed by atoms with Gasteiger partial charge in [0.25, 0.3) is 0 Å². The van der Waals surface area contributed by atoms with Crippen LogP contribution in [0.5, 0.6) is 0 Å². The number of carbonyl (C=O) groups excluding carboxylic acids is 1. The van der Waals surface area contributed by atoms with Crippen LogP contribution in [0.2, 0.25) is 0 Å². The molecule has 206 valence electrons. The summed E-state index contributed by atoms with van der Waals surface area (Å²) in [5, 5.41) is 0. The van der Waals surface area contributed by atoms with Crippen molar-refractivity contribution in [3.63, 3.8) is 0 Å². The summed E-state index contributed by atoms with van der Waals surface area (Å²) in [7, 11) is 0. The summed E-state index contributed by atoms with van der Waals surface area (Å²) < 4.78 is 7.40. The number of hydrogen-bond acceptors (Lipinski definition) is 2. The third-order valence-electron chi connectivity index (χ3n) is 11.3. The molecule has 8 atom stereocenters. The van der Waals surface area contributed by atoms with Gasteiger partial charge in [-0.25, -0.2) is 0 Å². The van der Waals surface area contributed by atoms with E-state index in [1.54, 1.807) is 0 Å². The average Bonchev–Trinajstić information content (AvgIpc) is 3.00. The Morgan fingerprint density at radius 1 is 0.750 bits per heavy atom. The predicted molar refractivity (Wildman–Crippen MR) is 161 cm³/mol.